The number of Topliss-reactive ketones (excluding diaryl/α,β-unsaturated/α-hetero) is 1. The van der Waals surface area contributed by atoms with E-state index in [1.54, 1.807) is 0 Å². The minimum Gasteiger partial charge on any atom is -0.454 e. The summed E-state index contributed by atoms with van der Waals surface area (Å²) in [5, 5.41) is 0. The first-order valence-electron chi connectivity index (χ1n) is 3.99. The molecule has 0 radical (unpaired) electrons. The second-order valence-corrected chi connectivity index (χ2v) is 4.25. The van der Waals surface area contributed by atoms with Gasteiger partial charge in [0.2, 0.25) is 12.6 Å². The van der Waals surface area contributed by atoms with Gasteiger partial charge in [0, 0.05) is 28.2 Å². The van der Waals surface area contributed by atoms with E-state index in [1.807, 2.05) is 0 Å². The van der Waals surface area contributed by atoms with E-state index in [0.717, 1.165) is 22.6 Å². The number of hydrogen-bond acceptors (Lipinski definition) is 3. The first-order chi connectivity index (χ1) is 6.98. The maximum Gasteiger partial charge on any atom is 0.357 e. The SMILES string of the molecule is O=C(c1ccc2c(c1)OCO2)C(F)(F)I. The largest absolute Gasteiger partial charge is 0.454 e. The number of halogens is 3. The summed E-state index contributed by atoms with van der Waals surface area (Å²) in [5.74, 6) is -0.453. The standard InChI is InChI=1S/C9H5F2IO3/c10-9(11,12)8(13)5-1-2-6-7(3-5)15-4-14-6/h1-3H,4H2. The van der Waals surface area contributed by atoms with Crippen molar-refractivity contribution in [3.8, 4) is 11.5 Å². The van der Waals surface area contributed by atoms with E-state index < -0.39 is 9.71 Å². The van der Waals surface area contributed by atoms with Crippen LogP contribution in [0, 0.1) is 0 Å². The molecule has 0 atom stereocenters. The van der Waals surface area contributed by atoms with Gasteiger partial charge in [-0.3, -0.25) is 4.79 Å². The third kappa shape index (κ3) is 2.04. The maximum atomic E-state index is 12.7. The highest BCUT2D eigenvalue weighted by atomic mass is 127. The number of benzene rings is 1. The Balaban J connectivity index is 2.35. The number of hydrogen-bond donors (Lipinski definition) is 0. The lowest BCUT2D eigenvalue weighted by Crippen LogP contribution is -2.20. The van der Waals surface area contributed by atoms with Crippen molar-refractivity contribution in [1.29, 1.82) is 0 Å². The third-order valence-electron chi connectivity index (χ3n) is 1.89. The second kappa shape index (κ2) is 3.58. The highest BCUT2D eigenvalue weighted by Crippen LogP contribution is 2.35. The van der Waals surface area contributed by atoms with Crippen LogP contribution in [-0.2, 0) is 0 Å². The topological polar surface area (TPSA) is 35.5 Å². The fraction of sp³-hybridized carbons (Fsp3) is 0.222. The molecule has 1 aromatic rings. The van der Waals surface area contributed by atoms with Crippen molar-refractivity contribution in [1.82, 2.24) is 0 Å². The first kappa shape index (κ1) is 10.6. The molecule has 1 aliphatic rings. The average molecular weight is 326 g/mol. The summed E-state index contributed by atoms with van der Waals surface area (Å²) in [7, 11) is 0. The van der Waals surface area contributed by atoms with Crippen LogP contribution in [0.5, 0.6) is 11.5 Å². The van der Waals surface area contributed by atoms with E-state index in [9.17, 15) is 13.6 Å². The molecule has 2 rings (SSSR count). The molecule has 1 aromatic carbocycles. The van der Waals surface area contributed by atoms with E-state index in [1.165, 1.54) is 18.2 Å². The van der Waals surface area contributed by atoms with Crippen LogP contribution in [0.15, 0.2) is 18.2 Å². The van der Waals surface area contributed by atoms with E-state index in [-0.39, 0.29) is 12.4 Å². The molecule has 15 heavy (non-hydrogen) atoms. The van der Waals surface area contributed by atoms with Gasteiger partial charge in [-0.15, -0.1) is 0 Å². The van der Waals surface area contributed by atoms with Gasteiger partial charge in [-0.1, -0.05) is 0 Å². The Morgan fingerprint density at radius 3 is 2.67 bits per heavy atom. The molecule has 3 nitrogen and oxygen atoms in total. The first-order valence-corrected chi connectivity index (χ1v) is 5.07. The lowest BCUT2D eigenvalue weighted by Gasteiger charge is -2.07. The zero-order valence-corrected chi connectivity index (χ0v) is 9.46. The number of ether oxygens (including phenoxy) is 2. The smallest absolute Gasteiger partial charge is 0.357 e. The number of fused-ring (bicyclic) bond motifs is 1. The van der Waals surface area contributed by atoms with Crippen LogP contribution in [0.4, 0.5) is 8.78 Å². The Morgan fingerprint density at radius 1 is 1.33 bits per heavy atom. The van der Waals surface area contributed by atoms with Crippen LogP contribution in [0.2, 0.25) is 0 Å². The molecule has 6 heteroatoms. The number of carbonyl (C=O) groups excluding carboxylic acids is 1. The summed E-state index contributed by atoms with van der Waals surface area (Å²) < 4.78 is 32.0. The lowest BCUT2D eigenvalue weighted by molar-refractivity contribution is 0.0626. The summed E-state index contributed by atoms with van der Waals surface area (Å²) in [4.78, 5) is 11.2. The van der Waals surface area contributed by atoms with Gasteiger partial charge in [0.1, 0.15) is 0 Å². The normalized spacial score (nSPS) is 14.1. The van der Waals surface area contributed by atoms with Crippen molar-refractivity contribution in [2.75, 3.05) is 6.79 Å². The summed E-state index contributed by atoms with van der Waals surface area (Å²) >= 11 is 0.799. The molecule has 80 valence electrons. The molecule has 0 unspecified atom stereocenters. The quantitative estimate of drug-likeness (QED) is 0.476. The van der Waals surface area contributed by atoms with E-state index >= 15 is 0 Å². The number of alkyl halides is 3. The maximum absolute atomic E-state index is 12.7. The van der Waals surface area contributed by atoms with E-state index in [0.29, 0.717) is 11.5 Å². The van der Waals surface area contributed by atoms with Gasteiger partial charge in [-0.05, 0) is 18.2 Å². The fourth-order valence-electron chi connectivity index (χ4n) is 1.20. The fourth-order valence-corrected chi connectivity index (χ4v) is 1.51. The van der Waals surface area contributed by atoms with Gasteiger partial charge in [-0.25, -0.2) is 0 Å². The van der Waals surface area contributed by atoms with Gasteiger partial charge in [-0.2, -0.15) is 8.78 Å². The molecule has 0 aromatic heterocycles. The van der Waals surface area contributed by atoms with Crippen LogP contribution in [-0.4, -0.2) is 16.5 Å². The van der Waals surface area contributed by atoms with Crippen LogP contribution < -0.4 is 9.47 Å². The van der Waals surface area contributed by atoms with Crippen molar-refractivity contribution in [2.24, 2.45) is 0 Å². The second-order valence-electron chi connectivity index (χ2n) is 2.89. The molecule has 0 fully saturated rings. The Morgan fingerprint density at radius 2 is 2.00 bits per heavy atom. The highest BCUT2D eigenvalue weighted by molar-refractivity contribution is 14.1. The predicted octanol–water partition coefficient (Wildman–Crippen LogP) is 2.63. The Bertz CT molecular complexity index is 414. The van der Waals surface area contributed by atoms with Crippen LogP contribution in [0.1, 0.15) is 10.4 Å². The summed E-state index contributed by atoms with van der Waals surface area (Å²) in [5.41, 5.74) is -0.0846. The molecule has 0 bridgehead atoms. The van der Waals surface area contributed by atoms with E-state index in [2.05, 4.69) is 0 Å². The molecule has 0 aliphatic carbocycles. The van der Waals surface area contributed by atoms with Crippen molar-refractivity contribution in [2.45, 2.75) is 3.93 Å². The molecule has 0 spiro atoms. The van der Waals surface area contributed by atoms with Crippen molar-refractivity contribution in [3.05, 3.63) is 23.8 Å². The lowest BCUT2D eigenvalue weighted by atomic mass is 10.1. The van der Waals surface area contributed by atoms with Gasteiger partial charge in [0.15, 0.2) is 11.5 Å². The highest BCUT2D eigenvalue weighted by Gasteiger charge is 2.36. The van der Waals surface area contributed by atoms with Gasteiger partial charge in [0.25, 0.3) is 0 Å². The molecule has 0 saturated carbocycles. The molecule has 1 aliphatic heterocycles. The average Bonchev–Trinajstić information content (AvgIpc) is 2.61. The van der Waals surface area contributed by atoms with Gasteiger partial charge < -0.3 is 9.47 Å². The summed E-state index contributed by atoms with van der Waals surface area (Å²) in [6, 6.07) is 4.00. The van der Waals surface area contributed by atoms with Gasteiger partial charge in [0.05, 0.1) is 0 Å². The molecular weight excluding hydrogens is 321 g/mol. The molecule has 0 amide bonds. The molecule has 0 saturated heterocycles. The predicted molar refractivity (Wildman–Crippen MR) is 55.9 cm³/mol. The van der Waals surface area contributed by atoms with Crippen molar-refractivity contribution < 1.29 is 23.0 Å². The third-order valence-corrected chi connectivity index (χ3v) is 2.38. The van der Waals surface area contributed by atoms with Crippen molar-refractivity contribution in [3.63, 3.8) is 0 Å². The number of carbonyl (C=O) groups is 1. The number of ketones is 1. The Hall–Kier alpha value is -0.920. The summed E-state index contributed by atoms with van der Waals surface area (Å²) in [6.45, 7) is 0.0492. The Labute approximate surface area is 97.5 Å². The van der Waals surface area contributed by atoms with E-state index in [4.69, 9.17) is 9.47 Å². The van der Waals surface area contributed by atoms with Gasteiger partial charge >= 0.3 is 3.93 Å². The Kier molecular flexibility index (Phi) is 2.53. The van der Waals surface area contributed by atoms with Crippen LogP contribution in [0.3, 0.4) is 0 Å². The summed E-state index contributed by atoms with van der Waals surface area (Å²) in [6.07, 6.45) is 0. The monoisotopic (exact) mass is 326 g/mol. The zero-order chi connectivity index (χ0) is 11.1. The molecular formula is C9H5F2IO3. The zero-order valence-electron chi connectivity index (χ0n) is 7.30. The van der Waals surface area contributed by atoms with Crippen LogP contribution in [0.25, 0.3) is 0 Å². The minimum atomic E-state index is -3.40. The molecule has 0 N–H and O–H groups in total. The van der Waals surface area contributed by atoms with Crippen molar-refractivity contribution >= 4 is 28.4 Å². The molecule has 1 heterocycles. The van der Waals surface area contributed by atoms with Crippen LogP contribution >= 0.6 is 22.6 Å². The number of rotatable bonds is 2. The minimum absolute atomic E-state index is 0.0492.